The Morgan fingerprint density at radius 1 is 1.00 bits per heavy atom. The number of benzene rings is 2. The number of aliphatic hydroxyl groups excluding tert-OH is 2. The minimum absolute atomic E-state index is 0. The summed E-state index contributed by atoms with van der Waals surface area (Å²) in [5.41, 5.74) is 14.5. The van der Waals surface area contributed by atoms with Crippen molar-refractivity contribution >= 4 is 47.4 Å². The first-order valence-corrected chi connectivity index (χ1v) is 8.26. The van der Waals surface area contributed by atoms with Crippen LogP contribution in [0.25, 0.3) is 22.2 Å². The van der Waals surface area contributed by atoms with Crippen LogP contribution < -0.4 is 16.2 Å². The molecule has 0 aliphatic rings. The predicted molar refractivity (Wildman–Crippen MR) is 119 cm³/mol. The van der Waals surface area contributed by atoms with E-state index in [4.69, 9.17) is 32.1 Å². The minimum Gasteiger partial charge on any atom is -0.490 e. The molecule has 1 aromatic heterocycles. The molecule has 10 heteroatoms. The van der Waals surface area contributed by atoms with E-state index in [1.54, 1.807) is 30.3 Å². The number of hydrogen-bond acceptors (Lipinski definition) is 5. The number of aromatic nitrogens is 1. The number of amidine groups is 2. The molecule has 9 N–H and O–H groups in total. The van der Waals surface area contributed by atoms with Crippen LogP contribution in [0.4, 0.5) is 0 Å². The fourth-order valence-electron chi connectivity index (χ4n) is 2.71. The summed E-state index contributed by atoms with van der Waals surface area (Å²) in [4.78, 5) is 3.27. The molecular weight excluding hydrogens is 417 g/mol. The second-order valence-corrected chi connectivity index (χ2v) is 6.17. The lowest BCUT2D eigenvalue weighted by molar-refractivity contribution is 0.0538. The molecule has 0 spiro atoms. The molecule has 0 radical (unpaired) electrons. The zero-order chi connectivity index (χ0) is 19.6. The molecule has 8 nitrogen and oxygen atoms in total. The fraction of sp³-hybridized carbons (Fsp3) is 0.158. The van der Waals surface area contributed by atoms with E-state index >= 15 is 0 Å². The average Bonchev–Trinajstić information content (AvgIpc) is 3.08. The van der Waals surface area contributed by atoms with Gasteiger partial charge in [-0.3, -0.25) is 10.8 Å². The summed E-state index contributed by atoms with van der Waals surface area (Å²) < 4.78 is 5.66. The standard InChI is InChI=1S/C19H21N5O3.2ClH/c20-18(21)11-2-1-10-5-16(24-15(10)6-11)14-4-3-12(19(22)23)7-17(14)27-9-13(26)8-25;;/h1-7,13,24-26H,8-9H2,(H3,20,21)(H3,22,23);2*1H. The quantitative estimate of drug-likeness (QED) is 0.220. The number of halogens is 2. The van der Waals surface area contributed by atoms with Gasteiger partial charge < -0.3 is 31.4 Å². The number of aromatic amines is 1. The maximum absolute atomic E-state index is 9.57. The van der Waals surface area contributed by atoms with Crippen molar-refractivity contribution in [3.05, 3.63) is 53.6 Å². The molecule has 0 saturated heterocycles. The Kier molecular flexibility index (Phi) is 8.47. The van der Waals surface area contributed by atoms with Crippen LogP contribution in [0.15, 0.2) is 42.5 Å². The maximum atomic E-state index is 9.57. The highest BCUT2D eigenvalue weighted by molar-refractivity contribution is 6.00. The molecule has 0 bridgehead atoms. The Hall–Kier alpha value is -2.78. The molecule has 29 heavy (non-hydrogen) atoms. The van der Waals surface area contributed by atoms with E-state index in [9.17, 15) is 5.11 Å². The van der Waals surface area contributed by atoms with Gasteiger partial charge in [0.15, 0.2) is 0 Å². The zero-order valence-corrected chi connectivity index (χ0v) is 16.9. The molecule has 0 fully saturated rings. The number of ether oxygens (including phenoxy) is 1. The zero-order valence-electron chi connectivity index (χ0n) is 15.3. The van der Waals surface area contributed by atoms with Crippen molar-refractivity contribution in [1.29, 1.82) is 10.8 Å². The summed E-state index contributed by atoms with van der Waals surface area (Å²) in [6.07, 6.45) is -1.01. The molecule has 0 amide bonds. The fourth-order valence-corrected chi connectivity index (χ4v) is 2.71. The molecule has 1 unspecified atom stereocenters. The summed E-state index contributed by atoms with van der Waals surface area (Å²) in [5.74, 6) is 0.311. The second-order valence-electron chi connectivity index (χ2n) is 6.17. The third-order valence-corrected chi connectivity index (χ3v) is 4.16. The number of rotatable bonds is 7. The lowest BCUT2D eigenvalue weighted by Crippen LogP contribution is -2.21. The van der Waals surface area contributed by atoms with Crippen molar-refractivity contribution in [3.8, 4) is 17.0 Å². The van der Waals surface area contributed by atoms with Crippen LogP contribution in [0.5, 0.6) is 5.75 Å². The molecule has 1 heterocycles. The van der Waals surface area contributed by atoms with Gasteiger partial charge in [0.2, 0.25) is 0 Å². The summed E-state index contributed by atoms with van der Waals surface area (Å²) in [6.45, 7) is -0.512. The first-order valence-electron chi connectivity index (χ1n) is 8.26. The Morgan fingerprint density at radius 2 is 1.62 bits per heavy atom. The lowest BCUT2D eigenvalue weighted by atomic mass is 10.1. The first-order chi connectivity index (χ1) is 12.9. The van der Waals surface area contributed by atoms with Crippen LogP contribution >= 0.6 is 24.8 Å². The first kappa shape index (κ1) is 24.3. The summed E-state index contributed by atoms with van der Waals surface area (Å²) in [5, 5.41) is 34.7. The van der Waals surface area contributed by atoms with Gasteiger partial charge in [-0.2, -0.15) is 0 Å². The highest BCUT2D eigenvalue weighted by atomic mass is 35.5. The topological polar surface area (TPSA) is 165 Å². The van der Waals surface area contributed by atoms with Gasteiger partial charge in [0.05, 0.1) is 12.3 Å². The van der Waals surface area contributed by atoms with Crippen molar-refractivity contribution < 1.29 is 14.9 Å². The van der Waals surface area contributed by atoms with Gasteiger partial charge in [0.25, 0.3) is 0 Å². The molecule has 1 atom stereocenters. The van der Waals surface area contributed by atoms with E-state index < -0.39 is 12.7 Å². The van der Waals surface area contributed by atoms with Crippen molar-refractivity contribution in [2.24, 2.45) is 11.5 Å². The number of H-pyrrole nitrogens is 1. The van der Waals surface area contributed by atoms with Gasteiger partial charge in [0, 0.05) is 27.6 Å². The Labute approximate surface area is 179 Å². The largest absolute Gasteiger partial charge is 0.490 e. The summed E-state index contributed by atoms with van der Waals surface area (Å²) in [7, 11) is 0. The van der Waals surface area contributed by atoms with Gasteiger partial charge in [-0.25, -0.2) is 0 Å². The third kappa shape index (κ3) is 5.39. The van der Waals surface area contributed by atoms with Gasteiger partial charge in [0.1, 0.15) is 30.1 Å². The van der Waals surface area contributed by atoms with E-state index in [0.29, 0.717) is 22.4 Å². The van der Waals surface area contributed by atoms with Crippen molar-refractivity contribution in [1.82, 2.24) is 4.98 Å². The SMILES string of the molecule is Cl.Cl.N=C(N)c1ccc(-c2cc3ccc(C(=N)N)cc3[nH]2)c(OCC(O)CO)c1. The van der Waals surface area contributed by atoms with Gasteiger partial charge >= 0.3 is 0 Å². The van der Waals surface area contributed by atoms with Crippen molar-refractivity contribution in [2.75, 3.05) is 13.2 Å². The van der Waals surface area contributed by atoms with E-state index in [0.717, 1.165) is 16.6 Å². The number of fused-ring (bicyclic) bond motifs is 1. The number of aliphatic hydroxyl groups is 2. The molecule has 156 valence electrons. The van der Waals surface area contributed by atoms with E-state index in [1.807, 2.05) is 12.1 Å². The molecule has 3 aromatic rings. The Morgan fingerprint density at radius 3 is 2.24 bits per heavy atom. The van der Waals surface area contributed by atoms with Crippen LogP contribution in [-0.4, -0.2) is 46.2 Å². The normalized spacial score (nSPS) is 11.2. The van der Waals surface area contributed by atoms with Crippen LogP contribution in [0, 0.1) is 10.8 Å². The summed E-state index contributed by atoms with van der Waals surface area (Å²) >= 11 is 0. The van der Waals surface area contributed by atoms with Gasteiger partial charge in [-0.15, -0.1) is 24.8 Å². The lowest BCUT2D eigenvalue weighted by Gasteiger charge is -2.14. The Balaban J connectivity index is 0.00000210. The third-order valence-electron chi connectivity index (χ3n) is 4.16. The average molecular weight is 440 g/mol. The van der Waals surface area contributed by atoms with Crippen LogP contribution in [0.3, 0.4) is 0 Å². The number of nitrogen functional groups attached to an aromatic ring is 2. The van der Waals surface area contributed by atoms with Crippen molar-refractivity contribution in [3.63, 3.8) is 0 Å². The Bertz CT molecular complexity index is 1020. The maximum Gasteiger partial charge on any atom is 0.129 e. The highest BCUT2D eigenvalue weighted by Gasteiger charge is 2.14. The molecule has 2 aromatic carbocycles. The van der Waals surface area contributed by atoms with Gasteiger partial charge in [-0.05, 0) is 24.3 Å². The molecular formula is C19H23Cl2N5O3. The number of hydrogen-bond donors (Lipinski definition) is 7. The molecule has 0 aliphatic carbocycles. The summed E-state index contributed by atoms with van der Waals surface area (Å²) in [6, 6.07) is 12.5. The molecule has 0 saturated carbocycles. The minimum atomic E-state index is -1.01. The number of nitrogens with two attached hydrogens (primary N) is 2. The second kappa shape index (κ2) is 10.1. The molecule has 0 aliphatic heterocycles. The van der Waals surface area contributed by atoms with E-state index in [1.165, 1.54) is 0 Å². The van der Waals surface area contributed by atoms with E-state index in [-0.39, 0.29) is 43.1 Å². The van der Waals surface area contributed by atoms with Crippen LogP contribution in [0.1, 0.15) is 11.1 Å². The van der Waals surface area contributed by atoms with Crippen LogP contribution in [0.2, 0.25) is 0 Å². The van der Waals surface area contributed by atoms with Crippen molar-refractivity contribution in [2.45, 2.75) is 6.10 Å². The predicted octanol–water partition coefficient (Wildman–Crippen LogP) is 1.98. The smallest absolute Gasteiger partial charge is 0.129 e. The highest BCUT2D eigenvalue weighted by Crippen LogP contribution is 2.33. The van der Waals surface area contributed by atoms with Crippen LogP contribution in [-0.2, 0) is 0 Å². The van der Waals surface area contributed by atoms with Gasteiger partial charge in [-0.1, -0.05) is 18.2 Å². The van der Waals surface area contributed by atoms with E-state index in [2.05, 4.69) is 4.98 Å². The number of nitrogens with one attached hydrogen (secondary N) is 3. The molecule has 3 rings (SSSR count). The monoisotopic (exact) mass is 439 g/mol.